The van der Waals surface area contributed by atoms with Crippen molar-refractivity contribution in [2.75, 3.05) is 7.11 Å². The van der Waals surface area contributed by atoms with Crippen LogP contribution in [0.5, 0.6) is 0 Å². The SMILES string of the molecule is COC(=O)/C=C(C)/C=C/C=C(C)/C=C/C1=C(C)C=CCC1(C)C. The molecule has 0 aliphatic heterocycles. The molecule has 0 aromatic carbocycles. The maximum Gasteiger partial charge on any atom is 0.330 e. The van der Waals surface area contributed by atoms with Gasteiger partial charge >= 0.3 is 5.97 Å². The van der Waals surface area contributed by atoms with Gasteiger partial charge in [-0.1, -0.05) is 62.0 Å². The van der Waals surface area contributed by atoms with Crippen LogP contribution in [0, 0.1) is 5.41 Å². The molecule has 0 unspecified atom stereocenters. The molecule has 0 fully saturated rings. The average Bonchev–Trinajstić information content (AvgIpc) is 2.45. The molecule has 2 nitrogen and oxygen atoms in total. The Kier molecular flexibility index (Phi) is 7.02. The van der Waals surface area contributed by atoms with Crippen molar-refractivity contribution in [3.05, 3.63) is 70.9 Å². The molecule has 1 aliphatic carbocycles. The molecule has 0 aromatic rings. The van der Waals surface area contributed by atoms with Gasteiger partial charge in [-0.15, -0.1) is 0 Å². The summed E-state index contributed by atoms with van der Waals surface area (Å²) in [5.74, 6) is -0.331. The number of carbonyl (C=O) groups is 1. The molecular weight excluding hydrogens is 284 g/mol. The van der Waals surface area contributed by atoms with E-state index in [0.29, 0.717) is 0 Å². The monoisotopic (exact) mass is 312 g/mol. The second-order valence-electron chi connectivity index (χ2n) is 6.60. The van der Waals surface area contributed by atoms with Gasteiger partial charge in [0.15, 0.2) is 0 Å². The van der Waals surface area contributed by atoms with Crippen molar-refractivity contribution in [3.63, 3.8) is 0 Å². The number of methoxy groups -OCH3 is 1. The second kappa shape index (κ2) is 8.52. The van der Waals surface area contributed by atoms with Gasteiger partial charge in [-0.2, -0.15) is 0 Å². The normalized spacial score (nSPS) is 19.0. The Morgan fingerprint density at radius 3 is 2.52 bits per heavy atom. The van der Waals surface area contributed by atoms with E-state index in [9.17, 15) is 4.79 Å². The van der Waals surface area contributed by atoms with Gasteiger partial charge in [0.1, 0.15) is 0 Å². The lowest BCUT2D eigenvalue weighted by atomic mass is 9.75. The minimum atomic E-state index is -0.331. The van der Waals surface area contributed by atoms with Gasteiger partial charge in [0, 0.05) is 6.08 Å². The first-order chi connectivity index (χ1) is 10.8. The molecule has 0 atom stereocenters. The molecule has 0 saturated heterocycles. The van der Waals surface area contributed by atoms with Crippen molar-refractivity contribution >= 4 is 5.97 Å². The Morgan fingerprint density at radius 2 is 1.91 bits per heavy atom. The summed E-state index contributed by atoms with van der Waals surface area (Å²) in [6.07, 6.45) is 17.2. The molecule has 0 N–H and O–H groups in total. The molecule has 124 valence electrons. The third-order valence-corrected chi connectivity index (χ3v) is 3.93. The number of allylic oxidation sites excluding steroid dienone is 11. The fourth-order valence-electron chi connectivity index (χ4n) is 2.54. The van der Waals surface area contributed by atoms with Crippen molar-refractivity contribution in [2.24, 2.45) is 5.41 Å². The van der Waals surface area contributed by atoms with Gasteiger partial charge in [-0.05, 0) is 49.3 Å². The van der Waals surface area contributed by atoms with Crippen LogP contribution < -0.4 is 0 Å². The fraction of sp³-hybridized carbons (Fsp3) is 0.381. The van der Waals surface area contributed by atoms with Crippen molar-refractivity contribution < 1.29 is 9.53 Å². The molecule has 0 aromatic heterocycles. The molecule has 0 amide bonds. The van der Waals surface area contributed by atoms with Crippen LogP contribution in [0.4, 0.5) is 0 Å². The summed E-state index contributed by atoms with van der Waals surface area (Å²) in [6.45, 7) is 10.7. The number of carbonyl (C=O) groups excluding carboxylic acids is 1. The summed E-state index contributed by atoms with van der Waals surface area (Å²) < 4.78 is 4.60. The Hall–Kier alpha value is -2.09. The van der Waals surface area contributed by atoms with Gasteiger partial charge in [0.25, 0.3) is 0 Å². The van der Waals surface area contributed by atoms with E-state index in [1.165, 1.54) is 24.3 Å². The number of rotatable bonds is 5. The first-order valence-electron chi connectivity index (χ1n) is 7.93. The molecule has 1 rings (SSSR count). The molecule has 0 radical (unpaired) electrons. The Labute approximate surface area is 140 Å². The van der Waals surface area contributed by atoms with Crippen LogP contribution in [0.2, 0.25) is 0 Å². The van der Waals surface area contributed by atoms with Crippen LogP contribution in [-0.4, -0.2) is 13.1 Å². The Bertz CT molecular complexity index is 620. The fourth-order valence-corrected chi connectivity index (χ4v) is 2.54. The highest BCUT2D eigenvalue weighted by atomic mass is 16.5. The highest BCUT2D eigenvalue weighted by molar-refractivity contribution is 5.83. The van der Waals surface area contributed by atoms with Crippen molar-refractivity contribution in [1.82, 2.24) is 0 Å². The predicted molar refractivity (Wildman–Crippen MR) is 98.0 cm³/mol. The summed E-state index contributed by atoms with van der Waals surface area (Å²) in [5, 5.41) is 0. The van der Waals surface area contributed by atoms with Crippen LogP contribution in [0.25, 0.3) is 0 Å². The highest BCUT2D eigenvalue weighted by Gasteiger charge is 2.23. The maximum absolute atomic E-state index is 11.1. The number of esters is 1. The van der Waals surface area contributed by atoms with Gasteiger partial charge in [0.2, 0.25) is 0 Å². The molecule has 0 saturated carbocycles. The number of ether oxygens (including phenoxy) is 1. The van der Waals surface area contributed by atoms with E-state index < -0.39 is 0 Å². The van der Waals surface area contributed by atoms with Crippen LogP contribution in [-0.2, 0) is 9.53 Å². The van der Waals surface area contributed by atoms with Crippen molar-refractivity contribution in [2.45, 2.75) is 41.0 Å². The van der Waals surface area contributed by atoms with E-state index in [4.69, 9.17) is 0 Å². The molecule has 0 heterocycles. The van der Waals surface area contributed by atoms with Gasteiger partial charge in [0.05, 0.1) is 7.11 Å². The molecule has 0 bridgehead atoms. The van der Waals surface area contributed by atoms with Crippen LogP contribution in [0.15, 0.2) is 70.9 Å². The number of hydrogen-bond acceptors (Lipinski definition) is 2. The van der Waals surface area contributed by atoms with E-state index in [-0.39, 0.29) is 11.4 Å². The molecule has 0 spiro atoms. The quantitative estimate of drug-likeness (QED) is 0.382. The predicted octanol–water partition coefficient (Wildman–Crippen LogP) is 5.47. The number of hydrogen-bond donors (Lipinski definition) is 0. The van der Waals surface area contributed by atoms with Gasteiger partial charge < -0.3 is 4.74 Å². The van der Waals surface area contributed by atoms with E-state index >= 15 is 0 Å². The maximum atomic E-state index is 11.1. The largest absolute Gasteiger partial charge is 0.466 e. The lowest BCUT2D eigenvalue weighted by Crippen LogP contribution is -2.16. The van der Waals surface area contributed by atoms with E-state index in [1.54, 1.807) is 0 Å². The van der Waals surface area contributed by atoms with Gasteiger partial charge in [-0.25, -0.2) is 4.79 Å². The van der Waals surface area contributed by atoms with E-state index in [1.807, 2.05) is 25.2 Å². The third kappa shape index (κ3) is 6.27. The minimum Gasteiger partial charge on any atom is -0.466 e. The zero-order valence-corrected chi connectivity index (χ0v) is 15.1. The lowest BCUT2D eigenvalue weighted by Gasteiger charge is -2.29. The standard InChI is InChI=1S/C21H28O2/c1-16(9-7-10-17(2)15-20(22)23-6)12-13-19-18(3)11-8-14-21(19,4)5/h7-13,15H,14H2,1-6H3/b10-7+,13-12+,16-9+,17-15+. The zero-order chi connectivity index (χ0) is 17.5. The molecule has 2 heteroatoms. The minimum absolute atomic E-state index is 0.186. The summed E-state index contributed by atoms with van der Waals surface area (Å²) in [4.78, 5) is 11.1. The Morgan fingerprint density at radius 1 is 1.22 bits per heavy atom. The van der Waals surface area contributed by atoms with E-state index in [2.05, 4.69) is 56.7 Å². The Balaban J connectivity index is 2.79. The van der Waals surface area contributed by atoms with Gasteiger partial charge in [-0.3, -0.25) is 0 Å². The summed E-state index contributed by atoms with van der Waals surface area (Å²) >= 11 is 0. The smallest absolute Gasteiger partial charge is 0.330 e. The lowest BCUT2D eigenvalue weighted by molar-refractivity contribution is -0.134. The summed E-state index contributed by atoms with van der Waals surface area (Å²) in [5.41, 5.74) is 4.93. The summed E-state index contributed by atoms with van der Waals surface area (Å²) in [7, 11) is 1.38. The first-order valence-corrected chi connectivity index (χ1v) is 7.93. The van der Waals surface area contributed by atoms with E-state index in [0.717, 1.165) is 17.6 Å². The molecule has 1 aliphatic rings. The topological polar surface area (TPSA) is 26.3 Å². The van der Waals surface area contributed by atoms with Crippen LogP contribution in [0.1, 0.15) is 41.0 Å². The average molecular weight is 312 g/mol. The third-order valence-electron chi connectivity index (χ3n) is 3.93. The highest BCUT2D eigenvalue weighted by Crippen LogP contribution is 2.37. The second-order valence-corrected chi connectivity index (χ2v) is 6.60. The van der Waals surface area contributed by atoms with Crippen molar-refractivity contribution in [3.8, 4) is 0 Å². The van der Waals surface area contributed by atoms with Crippen LogP contribution in [0.3, 0.4) is 0 Å². The zero-order valence-electron chi connectivity index (χ0n) is 15.1. The molecular formula is C21H28O2. The molecule has 23 heavy (non-hydrogen) atoms. The van der Waals surface area contributed by atoms with Crippen LogP contribution >= 0.6 is 0 Å². The van der Waals surface area contributed by atoms with Crippen molar-refractivity contribution in [1.29, 1.82) is 0 Å². The first kappa shape index (κ1) is 19.0. The summed E-state index contributed by atoms with van der Waals surface area (Å²) in [6, 6.07) is 0.